The number of rotatable bonds is 11. The number of carbonyl (C=O) groups excluding carboxylic acids is 1. The van der Waals surface area contributed by atoms with Crippen molar-refractivity contribution in [1.29, 1.82) is 0 Å². The number of halogens is 1. The van der Waals surface area contributed by atoms with E-state index in [0.717, 1.165) is 63.3 Å². The molecule has 1 aromatic rings. The van der Waals surface area contributed by atoms with Gasteiger partial charge < -0.3 is 15.0 Å². The lowest BCUT2D eigenvalue weighted by molar-refractivity contribution is -0.131. The average Bonchev–Trinajstić information content (AvgIpc) is 3.07. The third-order valence-electron chi connectivity index (χ3n) is 5.75. The molecule has 35 heavy (non-hydrogen) atoms. The van der Waals surface area contributed by atoms with Gasteiger partial charge in [0.15, 0.2) is 0 Å². The predicted octanol–water partition coefficient (Wildman–Crippen LogP) is 2.97. The fourth-order valence-corrected chi connectivity index (χ4v) is 3.88. The highest BCUT2D eigenvalue weighted by molar-refractivity contribution is 5.81. The van der Waals surface area contributed by atoms with Crippen LogP contribution in [0.25, 0.3) is 6.20 Å². The fraction of sp³-hybridized carbons (Fsp3) is 0.500. The Morgan fingerprint density at radius 1 is 1.29 bits per heavy atom. The number of aromatic nitrogens is 2. The van der Waals surface area contributed by atoms with Crippen LogP contribution in [0.2, 0.25) is 0 Å². The zero-order valence-corrected chi connectivity index (χ0v) is 20.8. The first-order valence-electron chi connectivity index (χ1n) is 12.0. The molecule has 8 nitrogen and oxygen atoms in total. The zero-order chi connectivity index (χ0) is 25.5. The number of hydrogen-bond donors (Lipinski definition) is 1. The average molecular weight is 485 g/mol. The first kappa shape index (κ1) is 28.0. The van der Waals surface area contributed by atoms with Crippen molar-refractivity contribution in [2.45, 2.75) is 26.2 Å². The number of nitrogens with one attached hydrogen (secondary N) is 1. The number of terminal acetylenes is 1. The third kappa shape index (κ3) is 8.50. The van der Waals surface area contributed by atoms with Gasteiger partial charge in [-0.3, -0.25) is 19.3 Å². The van der Waals surface area contributed by atoms with Crippen LogP contribution in [0.3, 0.4) is 0 Å². The van der Waals surface area contributed by atoms with Crippen molar-refractivity contribution in [3.8, 4) is 12.8 Å². The molecule has 2 aliphatic rings. The van der Waals surface area contributed by atoms with Crippen LogP contribution in [-0.4, -0.2) is 90.6 Å². The van der Waals surface area contributed by atoms with Crippen LogP contribution in [0.4, 0.5) is 10.2 Å². The molecule has 1 unspecified atom stereocenters. The Labute approximate surface area is 208 Å². The summed E-state index contributed by atoms with van der Waals surface area (Å²) in [6.45, 7) is 9.27. The smallest absolute Gasteiger partial charge is 0.242 e. The lowest BCUT2D eigenvalue weighted by atomic mass is 10.1. The molecular weight excluding hydrogens is 447 g/mol. The minimum absolute atomic E-state index is 0.00878. The van der Waals surface area contributed by atoms with Crippen molar-refractivity contribution in [3.63, 3.8) is 0 Å². The Kier molecular flexibility index (Phi) is 12.5. The van der Waals surface area contributed by atoms with Crippen LogP contribution in [0.15, 0.2) is 35.5 Å². The highest BCUT2D eigenvalue weighted by atomic mass is 19.1. The van der Waals surface area contributed by atoms with E-state index in [1.165, 1.54) is 6.08 Å². The van der Waals surface area contributed by atoms with Crippen LogP contribution >= 0.6 is 0 Å². The number of anilines is 1. The Morgan fingerprint density at radius 3 is 2.77 bits per heavy atom. The summed E-state index contributed by atoms with van der Waals surface area (Å²) in [7, 11) is 0. The lowest BCUT2D eigenvalue weighted by Crippen LogP contribution is -2.50. The number of carbonyl (C=O) groups is 1. The summed E-state index contributed by atoms with van der Waals surface area (Å²) < 4.78 is 19.7. The fourth-order valence-electron chi connectivity index (χ4n) is 3.88. The summed E-state index contributed by atoms with van der Waals surface area (Å²) in [4.78, 5) is 26.2. The van der Waals surface area contributed by atoms with Gasteiger partial charge in [0.25, 0.3) is 0 Å². The molecule has 1 amide bonds. The molecule has 1 N–H and O–H groups in total. The van der Waals surface area contributed by atoms with E-state index >= 15 is 0 Å². The van der Waals surface area contributed by atoms with Gasteiger partial charge in [0.2, 0.25) is 5.91 Å². The number of hydrogen-bond acceptors (Lipinski definition) is 6. The highest BCUT2D eigenvalue weighted by Crippen LogP contribution is 2.28. The number of allylic oxidation sites excluding steroid dienone is 4. The number of amides is 1. The highest BCUT2D eigenvalue weighted by Gasteiger charge is 2.23. The molecule has 0 bridgehead atoms. The van der Waals surface area contributed by atoms with Crippen LogP contribution in [-0.2, 0) is 16.0 Å². The van der Waals surface area contributed by atoms with E-state index in [4.69, 9.17) is 9.72 Å². The number of aliphatic imine (C=N–C) groups is 1. The van der Waals surface area contributed by atoms with Gasteiger partial charge in [0, 0.05) is 70.3 Å². The first-order valence-corrected chi connectivity index (χ1v) is 12.0. The van der Waals surface area contributed by atoms with E-state index in [-0.39, 0.29) is 18.4 Å². The van der Waals surface area contributed by atoms with Crippen LogP contribution in [0.5, 0.6) is 0 Å². The maximum Gasteiger partial charge on any atom is 0.242 e. The van der Waals surface area contributed by atoms with Gasteiger partial charge in [-0.05, 0) is 6.92 Å². The molecule has 2 aliphatic heterocycles. The largest absolute Gasteiger partial charge is 0.380 e. The number of fused-ring (bicyclic) bond motifs is 1. The Balaban J connectivity index is 0.00000210. The van der Waals surface area contributed by atoms with Gasteiger partial charge in [0.1, 0.15) is 18.3 Å². The van der Waals surface area contributed by atoms with E-state index in [2.05, 4.69) is 28.1 Å². The zero-order valence-electron chi connectivity index (χ0n) is 20.8. The van der Waals surface area contributed by atoms with E-state index in [1.54, 1.807) is 12.3 Å². The maximum absolute atomic E-state index is 12.9. The van der Waals surface area contributed by atoms with Crippen LogP contribution in [0.1, 0.15) is 31.3 Å². The predicted molar refractivity (Wildman–Crippen MR) is 140 cm³/mol. The number of alkyl halides is 1. The lowest BCUT2D eigenvalue weighted by Gasteiger charge is -2.34. The molecule has 3 rings (SSSR count). The molecule has 0 spiro atoms. The summed E-state index contributed by atoms with van der Waals surface area (Å²) in [5.74, 6) is 1.72. The normalized spacial score (nSPS) is 16.7. The summed E-state index contributed by atoms with van der Waals surface area (Å²) >= 11 is 0. The second kappa shape index (κ2) is 15.6. The van der Waals surface area contributed by atoms with Gasteiger partial charge in [-0.1, -0.05) is 31.2 Å². The Hall–Kier alpha value is -3.22. The Bertz CT molecular complexity index is 926. The summed E-state index contributed by atoms with van der Waals surface area (Å²) in [6.07, 6.45) is 21.0. The van der Waals surface area contributed by atoms with E-state index in [1.807, 2.05) is 47.9 Å². The third-order valence-corrected chi connectivity index (χ3v) is 5.75. The molecule has 1 fully saturated rings. The van der Waals surface area contributed by atoms with Gasteiger partial charge in [-0.15, -0.1) is 12.8 Å². The molecule has 0 saturated carbocycles. The molecule has 0 aliphatic carbocycles. The molecule has 190 valence electrons. The first-order chi connectivity index (χ1) is 17.1. The molecule has 3 heterocycles. The number of nitrogens with zero attached hydrogens (tertiary/aromatic N) is 5. The Morgan fingerprint density at radius 2 is 2.06 bits per heavy atom. The SMILES string of the molecule is C#C.CCOCCN1CCN(C(=O)CNc2c(C(C)/C=C\C=C/CF)nc3n2C=CN=CC3)CC1. The van der Waals surface area contributed by atoms with Crippen molar-refractivity contribution in [3.05, 3.63) is 42.0 Å². The van der Waals surface area contributed by atoms with Crippen molar-refractivity contribution in [2.75, 3.05) is 64.5 Å². The van der Waals surface area contributed by atoms with E-state index < -0.39 is 6.67 Å². The van der Waals surface area contributed by atoms with Crippen molar-refractivity contribution < 1.29 is 13.9 Å². The van der Waals surface area contributed by atoms with Gasteiger partial charge in [0.05, 0.1) is 18.8 Å². The quantitative estimate of drug-likeness (QED) is 0.297. The minimum Gasteiger partial charge on any atom is -0.380 e. The van der Waals surface area contributed by atoms with Gasteiger partial charge in [-0.25, -0.2) is 9.37 Å². The number of piperazine rings is 1. The molecule has 1 atom stereocenters. The topological polar surface area (TPSA) is 75.0 Å². The van der Waals surface area contributed by atoms with Crippen molar-refractivity contribution in [2.24, 2.45) is 4.99 Å². The second-order valence-corrected chi connectivity index (χ2v) is 7.99. The molecule has 1 aromatic heterocycles. The summed E-state index contributed by atoms with van der Waals surface area (Å²) in [5.41, 5.74) is 0.850. The maximum atomic E-state index is 12.9. The van der Waals surface area contributed by atoms with Crippen molar-refractivity contribution >= 4 is 24.1 Å². The van der Waals surface area contributed by atoms with Crippen LogP contribution in [0, 0.1) is 12.8 Å². The molecular formula is C26H37FN6O2. The summed E-state index contributed by atoms with van der Waals surface area (Å²) in [6, 6.07) is 0. The van der Waals surface area contributed by atoms with Crippen molar-refractivity contribution in [1.82, 2.24) is 19.4 Å². The molecule has 0 radical (unpaired) electrons. The number of imidazole rings is 1. The minimum atomic E-state index is -0.489. The van der Waals surface area contributed by atoms with E-state index in [0.29, 0.717) is 6.42 Å². The van der Waals surface area contributed by atoms with E-state index in [9.17, 15) is 9.18 Å². The second-order valence-electron chi connectivity index (χ2n) is 7.99. The molecule has 1 saturated heterocycles. The standard InChI is InChI=1S/C24H35FN6O2.C2H2/c1-3-33-18-17-29-13-15-30(16-14-29)22(32)19-27-24-23(20(2)7-5-4-6-9-25)28-21-8-10-26-11-12-31(21)24;1-2/h4-7,10-12,20,27H,3,8-9,13-19H2,1-2H3;1-2H/b6-4-,7-5-;. The number of ether oxygens (including phenoxy) is 1. The van der Waals surface area contributed by atoms with Crippen LogP contribution < -0.4 is 5.32 Å². The molecule has 9 heteroatoms. The van der Waals surface area contributed by atoms with Gasteiger partial charge in [-0.2, -0.15) is 0 Å². The summed E-state index contributed by atoms with van der Waals surface area (Å²) in [5, 5.41) is 3.34. The monoisotopic (exact) mass is 484 g/mol. The van der Waals surface area contributed by atoms with Gasteiger partial charge >= 0.3 is 0 Å². The molecule has 0 aromatic carbocycles.